The predicted octanol–water partition coefficient (Wildman–Crippen LogP) is 4.66. The first-order valence-electron chi connectivity index (χ1n) is 7.79. The number of hydrogen-bond donors (Lipinski definition) is 0. The van der Waals surface area contributed by atoms with Gasteiger partial charge in [-0.25, -0.2) is 0 Å². The van der Waals surface area contributed by atoms with Gasteiger partial charge in [0.1, 0.15) is 0 Å². The van der Waals surface area contributed by atoms with Crippen LogP contribution in [0.15, 0.2) is 66.7 Å². The molecule has 0 bridgehead atoms. The molecule has 0 saturated heterocycles. The highest BCUT2D eigenvalue weighted by Crippen LogP contribution is 2.29. The zero-order valence-electron chi connectivity index (χ0n) is 13.3. The molecule has 0 aliphatic rings. The Kier molecular flexibility index (Phi) is 3.37. The van der Waals surface area contributed by atoms with Gasteiger partial charge in [0, 0.05) is 0 Å². The maximum Gasteiger partial charge on any atom is 0.230 e. The molecule has 4 rings (SSSR count). The quantitative estimate of drug-likeness (QED) is 0.295. The van der Waals surface area contributed by atoms with Gasteiger partial charge in [-0.1, -0.05) is 54.6 Å². The Morgan fingerprint density at radius 2 is 1.39 bits per heavy atom. The maximum absolute atomic E-state index is 5.71. The van der Waals surface area contributed by atoms with Crippen molar-refractivity contribution < 1.29 is 4.12 Å². The summed E-state index contributed by atoms with van der Waals surface area (Å²) in [5.74, 6) is 0. The van der Waals surface area contributed by atoms with Crippen molar-refractivity contribution in [3.8, 4) is 0 Å². The largest absolute Gasteiger partial charge is 0.454 e. The molecule has 3 radical (unpaired) electrons. The van der Waals surface area contributed by atoms with Gasteiger partial charge in [-0.3, -0.25) is 0 Å². The van der Waals surface area contributed by atoms with Crippen LogP contribution in [0.4, 0.5) is 0 Å². The molecule has 0 atom stereocenters. The lowest BCUT2D eigenvalue weighted by Gasteiger charge is -2.23. The molecule has 1 nitrogen and oxygen atoms in total. The third kappa shape index (κ3) is 2.32. The highest BCUT2D eigenvalue weighted by atomic mass is 28.4. The predicted molar refractivity (Wildman–Crippen MR) is 103 cm³/mol. The van der Waals surface area contributed by atoms with Crippen molar-refractivity contribution in [2.45, 2.75) is 13.1 Å². The Labute approximate surface area is 140 Å². The summed E-state index contributed by atoms with van der Waals surface area (Å²) in [6.45, 7) is 4.43. The molecule has 23 heavy (non-hydrogen) atoms. The van der Waals surface area contributed by atoms with Crippen LogP contribution in [0.1, 0.15) is 0 Å². The molecule has 0 spiro atoms. The SMILES string of the molecule is C[Si](C)(O[Si])c1cccc2ccc3cc4ccccc4cc3c12. The molecule has 0 saturated carbocycles. The fourth-order valence-electron chi connectivity index (χ4n) is 3.36. The number of rotatable bonds is 2. The van der Waals surface area contributed by atoms with Crippen molar-refractivity contribution in [1.82, 2.24) is 0 Å². The van der Waals surface area contributed by atoms with Gasteiger partial charge in [0.05, 0.1) is 0 Å². The topological polar surface area (TPSA) is 9.23 Å². The maximum atomic E-state index is 5.71. The van der Waals surface area contributed by atoms with E-state index in [1.54, 1.807) is 0 Å². The summed E-state index contributed by atoms with van der Waals surface area (Å²) < 4.78 is 5.71. The van der Waals surface area contributed by atoms with Crippen molar-refractivity contribution >= 4 is 56.3 Å². The summed E-state index contributed by atoms with van der Waals surface area (Å²) in [5, 5.41) is 9.07. The highest BCUT2D eigenvalue weighted by Gasteiger charge is 2.26. The fraction of sp³-hybridized carbons (Fsp3) is 0.100. The zero-order chi connectivity index (χ0) is 16.0. The summed E-state index contributed by atoms with van der Waals surface area (Å²) >= 11 is 0. The first kappa shape index (κ1) is 14.6. The van der Waals surface area contributed by atoms with Crippen LogP contribution in [0.5, 0.6) is 0 Å². The van der Waals surface area contributed by atoms with E-state index >= 15 is 0 Å². The van der Waals surface area contributed by atoms with Gasteiger partial charge in [-0.15, -0.1) is 0 Å². The van der Waals surface area contributed by atoms with Gasteiger partial charge in [0.2, 0.25) is 18.8 Å². The molecule has 0 amide bonds. The minimum atomic E-state index is -1.99. The summed E-state index contributed by atoms with van der Waals surface area (Å²) in [6.07, 6.45) is 0. The van der Waals surface area contributed by atoms with E-state index in [0.717, 1.165) is 0 Å². The van der Waals surface area contributed by atoms with Crippen LogP contribution >= 0.6 is 0 Å². The zero-order valence-corrected chi connectivity index (χ0v) is 15.3. The van der Waals surface area contributed by atoms with Gasteiger partial charge in [0.15, 0.2) is 0 Å². The molecule has 0 aliphatic carbocycles. The van der Waals surface area contributed by atoms with Gasteiger partial charge in [-0.05, 0) is 62.7 Å². The van der Waals surface area contributed by atoms with E-state index in [9.17, 15) is 0 Å². The van der Waals surface area contributed by atoms with Crippen LogP contribution in [-0.4, -0.2) is 18.8 Å². The molecule has 4 aromatic rings. The minimum Gasteiger partial charge on any atom is -0.454 e. The first-order chi connectivity index (χ1) is 11.1. The lowest BCUT2D eigenvalue weighted by Crippen LogP contribution is -2.44. The third-order valence-corrected chi connectivity index (χ3v) is 8.39. The number of hydrogen-bond acceptors (Lipinski definition) is 1. The van der Waals surface area contributed by atoms with E-state index in [1.807, 2.05) is 0 Å². The molecule has 0 fully saturated rings. The van der Waals surface area contributed by atoms with Gasteiger partial charge < -0.3 is 4.12 Å². The molecule has 3 heteroatoms. The molecule has 0 aliphatic heterocycles. The second-order valence-electron chi connectivity index (χ2n) is 6.50. The fourth-order valence-corrected chi connectivity index (χ4v) is 5.18. The Morgan fingerprint density at radius 3 is 2.13 bits per heavy atom. The van der Waals surface area contributed by atoms with E-state index in [2.05, 4.69) is 90.3 Å². The summed E-state index contributed by atoms with van der Waals surface area (Å²) in [6, 6.07) is 24.1. The average Bonchev–Trinajstić information content (AvgIpc) is 2.59. The third-order valence-electron chi connectivity index (χ3n) is 4.63. The summed E-state index contributed by atoms with van der Waals surface area (Å²) in [5.41, 5.74) is 0. The molecular weight excluding hydrogens is 312 g/mol. The van der Waals surface area contributed by atoms with E-state index < -0.39 is 8.32 Å². The number of benzene rings is 4. The van der Waals surface area contributed by atoms with Crippen molar-refractivity contribution in [2.24, 2.45) is 0 Å². The van der Waals surface area contributed by atoms with Crippen molar-refractivity contribution in [3.63, 3.8) is 0 Å². The summed E-state index contributed by atoms with van der Waals surface area (Å²) in [4.78, 5) is 0. The van der Waals surface area contributed by atoms with Crippen LogP contribution in [0.2, 0.25) is 13.1 Å². The van der Waals surface area contributed by atoms with E-state index in [-0.39, 0.29) is 0 Å². The van der Waals surface area contributed by atoms with Crippen LogP contribution in [0.25, 0.3) is 32.3 Å². The Morgan fingerprint density at radius 1 is 0.739 bits per heavy atom. The Bertz CT molecular complexity index is 1040. The van der Waals surface area contributed by atoms with Gasteiger partial charge >= 0.3 is 0 Å². The molecule has 0 unspecified atom stereocenters. The van der Waals surface area contributed by atoms with Crippen LogP contribution in [0.3, 0.4) is 0 Å². The van der Waals surface area contributed by atoms with Crippen LogP contribution in [-0.2, 0) is 4.12 Å². The Hall–Kier alpha value is -1.95. The van der Waals surface area contributed by atoms with Gasteiger partial charge in [0.25, 0.3) is 0 Å². The number of fused-ring (bicyclic) bond motifs is 4. The second kappa shape index (κ2) is 5.30. The molecule has 4 aromatic carbocycles. The summed E-state index contributed by atoms with van der Waals surface area (Å²) in [7, 11) is 1.32. The minimum absolute atomic E-state index is 1.27. The normalized spacial score (nSPS) is 12.3. The Balaban J connectivity index is 2.20. The van der Waals surface area contributed by atoms with Crippen molar-refractivity contribution in [2.75, 3.05) is 0 Å². The van der Waals surface area contributed by atoms with E-state index in [4.69, 9.17) is 4.12 Å². The standard InChI is InChI=1S/C20H17OSi2/c1-23(2,21-22)19-9-5-8-14-10-11-17-12-15-6-3-4-7-16(15)13-18(17)20(14)19/h3-13H,1-2H3. The van der Waals surface area contributed by atoms with Gasteiger partial charge in [-0.2, -0.15) is 0 Å². The van der Waals surface area contributed by atoms with E-state index in [1.165, 1.54) is 37.5 Å². The van der Waals surface area contributed by atoms with Crippen LogP contribution in [0, 0.1) is 0 Å². The molecule has 0 aromatic heterocycles. The highest BCUT2D eigenvalue weighted by molar-refractivity contribution is 6.88. The van der Waals surface area contributed by atoms with Crippen molar-refractivity contribution in [3.05, 3.63) is 66.7 Å². The van der Waals surface area contributed by atoms with Crippen LogP contribution < -0.4 is 5.19 Å². The molecular formula is C20H17OSi2. The average molecular weight is 330 g/mol. The molecule has 0 heterocycles. The smallest absolute Gasteiger partial charge is 0.230 e. The lowest BCUT2D eigenvalue weighted by atomic mass is 9.98. The lowest BCUT2D eigenvalue weighted by molar-refractivity contribution is 0.629. The van der Waals surface area contributed by atoms with Crippen molar-refractivity contribution in [1.29, 1.82) is 0 Å². The second-order valence-corrected chi connectivity index (χ2v) is 10.9. The molecule has 0 N–H and O–H groups in total. The monoisotopic (exact) mass is 329 g/mol. The van der Waals surface area contributed by atoms with E-state index in [0.29, 0.717) is 0 Å². The first-order valence-corrected chi connectivity index (χ1v) is 11.1. The molecule has 111 valence electrons.